The summed E-state index contributed by atoms with van der Waals surface area (Å²) >= 11 is 0. The molecular formula is C39H48N2O3. The van der Waals surface area contributed by atoms with Crippen molar-refractivity contribution in [3.8, 4) is 16.9 Å². The number of rotatable bonds is 7. The van der Waals surface area contributed by atoms with E-state index < -0.39 is 0 Å². The van der Waals surface area contributed by atoms with Crippen molar-refractivity contribution in [2.45, 2.75) is 109 Å². The molecule has 0 N–H and O–H groups in total. The minimum Gasteiger partial charge on any atom is -0.489 e. The molecule has 5 nitrogen and oxygen atoms in total. The molecular weight excluding hydrogens is 544 g/mol. The van der Waals surface area contributed by atoms with Crippen LogP contribution in [0.4, 0.5) is 0 Å². The van der Waals surface area contributed by atoms with Crippen molar-refractivity contribution in [1.82, 2.24) is 0 Å². The predicted octanol–water partition coefficient (Wildman–Crippen LogP) is 9.65. The van der Waals surface area contributed by atoms with Crippen LogP contribution in [0.1, 0.15) is 114 Å². The van der Waals surface area contributed by atoms with Crippen LogP contribution in [0, 0.1) is 0 Å². The van der Waals surface area contributed by atoms with Crippen LogP contribution >= 0.6 is 0 Å². The lowest BCUT2D eigenvalue weighted by Gasteiger charge is -2.19. The van der Waals surface area contributed by atoms with Crippen LogP contribution in [0.3, 0.4) is 0 Å². The van der Waals surface area contributed by atoms with Gasteiger partial charge in [-0.1, -0.05) is 87.4 Å². The normalized spacial score (nSPS) is 20.3. The van der Waals surface area contributed by atoms with Crippen molar-refractivity contribution in [2.75, 3.05) is 13.2 Å². The smallest absolute Gasteiger partial charge is 0.217 e. The van der Waals surface area contributed by atoms with E-state index in [0.717, 1.165) is 28.0 Å². The van der Waals surface area contributed by atoms with E-state index >= 15 is 0 Å². The van der Waals surface area contributed by atoms with Crippen LogP contribution in [0.25, 0.3) is 11.1 Å². The summed E-state index contributed by atoms with van der Waals surface area (Å²) in [5, 5.41) is 0. The Kier molecular flexibility index (Phi) is 9.11. The maximum absolute atomic E-state index is 6.20. The molecule has 6 rings (SSSR count). The molecule has 1 fully saturated rings. The van der Waals surface area contributed by atoms with E-state index in [1.807, 2.05) is 0 Å². The molecule has 1 saturated carbocycles. The van der Waals surface area contributed by atoms with Crippen molar-refractivity contribution in [2.24, 2.45) is 9.98 Å². The Morgan fingerprint density at radius 1 is 0.636 bits per heavy atom. The zero-order valence-electron chi connectivity index (χ0n) is 27.0. The van der Waals surface area contributed by atoms with Gasteiger partial charge in [-0.2, -0.15) is 0 Å². The Labute approximate surface area is 263 Å². The second-order valence-electron chi connectivity index (χ2n) is 14.1. The summed E-state index contributed by atoms with van der Waals surface area (Å²) in [6, 6.07) is 23.8. The van der Waals surface area contributed by atoms with Crippen LogP contribution in [-0.4, -0.2) is 36.1 Å². The highest BCUT2D eigenvalue weighted by Crippen LogP contribution is 2.32. The van der Waals surface area contributed by atoms with E-state index in [9.17, 15) is 0 Å². The lowest BCUT2D eigenvalue weighted by molar-refractivity contribution is 0.277. The van der Waals surface area contributed by atoms with Gasteiger partial charge in [0.05, 0.1) is 11.1 Å². The fraction of sp³-hybridized carbons (Fsp3) is 0.487. The van der Waals surface area contributed by atoms with Gasteiger partial charge in [0.15, 0.2) is 0 Å². The lowest BCUT2D eigenvalue weighted by atomic mass is 9.87. The molecule has 3 aromatic carbocycles. The first-order valence-corrected chi connectivity index (χ1v) is 16.7. The molecule has 44 heavy (non-hydrogen) atoms. The summed E-state index contributed by atoms with van der Waals surface area (Å²) < 4.78 is 18.3. The van der Waals surface area contributed by atoms with Crippen molar-refractivity contribution in [3.05, 3.63) is 89.0 Å². The van der Waals surface area contributed by atoms with Crippen molar-refractivity contribution in [3.63, 3.8) is 0 Å². The molecule has 0 unspecified atom stereocenters. The van der Waals surface area contributed by atoms with Gasteiger partial charge in [0.2, 0.25) is 11.8 Å². The van der Waals surface area contributed by atoms with Crippen LogP contribution in [0.5, 0.6) is 5.75 Å². The molecule has 0 bridgehead atoms. The molecule has 2 heterocycles. The minimum atomic E-state index is -0.257. The van der Waals surface area contributed by atoms with E-state index in [1.54, 1.807) is 0 Å². The number of hydrogen-bond donors (Lipinski definition) is 0. The van der Waals surface area contributed by atoms with E-state index in [-0.39, 0.29) is 11.1 Å². The quantitative estimate of drug-likeness (QED) is 0.274. The fourth-order valence-electron chi connectivity index (χ4n) is 6.47. The third-order valence-electron chi connectivity index (χ3n) is 9.06. The summed E-state index contributed by atoms with van der Waals surface area (Å²) in [7, 11) is 0. The molecule has 232 valence electrons. The highest BCUT2D eigenvalue weighted by molar-refractivity contribution is 6.09. The van der Waals surface area contributed by atoms with Gasteiger partial charge in [-0.05, 0) is 93.0 Å². The number of benzene rings is 3. The second-order valence-corrected chi connectivity index (χ2v) is 14.1. The van der Waals surface area contributed by atoms with Crippen LogP contribution in [-0.2, 0) is 16.1 Å². The summed E-state index contributed by atoms with van der Waals surface area (Å²) in [6.07, 6.45) is 12.4. The van der Waals surface area contributed by atoms with Crippen LogP contribution < -0.4 is 4.74 Å². The molecule has 1 aliphatic carbocycles. The van der Waals surface area contributed by atoms with Gasteiger partial charge in [0.1, 0.15) is 25.6 Å². The number of nitrogens with zero attached hydrogens (tertiary/aromatic N) is 2. The number of ether oxygens (including phenoxy) is 3. The van der Waals surface area contributed by atoms with Gasteiger partial charge in [-0.3, -0.25) is 0 Å². The van der Waals surface area contributed by atoms with Gasteiger partial charge >= 0.3 is 0 Å². The van der Waals surface area contributed by atoms with Gasteiger partial charge < -0.3 is 14.2 Å². The molecule has 0 saturated heterocycles. The highest BCUT2D eigenvalue weighted by Gasteiger charge is 2.32. The van der Waals surface area contributed by atoms with Crippen molar-refractivity contribution in [1.29, 1.82) is 0 Å². The van der Waals surface area contributed by atoms with Crippen molar-refractivity contribution < 1.29 is 14.2 Å². The monoisotopic (exact) mass is 592 g/mol. The molecule has 2 aliphatic heterocycles. The Balaban J connectivity index is 1.13. The first-order chi connectivity index (χ1) is 21.2. The van der Waals surface area contributed by atoms with E-state index in [1.165, 1.54) is 68.9 Å². The molecule has 5 heteroatoms. The molecule has 0 aromatic heterocycles. The number of aliphatic imine (C=N–C) groups is 2. The van der Waals surface area contributed by atoms with E-state index in [4.69, 9.17) is 24.2 Å². The number of hydrogen-bond acceptors (Lipinski definition) is 5. The molecule has 3 aromatic rings. The Morgan fingerprint density at radius 2 is 1.18 bits per heavy atom. The van der Waals surface area contributed by atoms with Crippen LogP contribution in [0.2, 0.25) is 0 Å². The third kappa shape index (κ3) is 7.54. The zero-order chi connectivity index (χ0) is 30.6. The molecule has 0 spiro atoms. The van der Waals surface area contributed by atoms with Gasteiger partial charge in [0.25, 0.3) is 0 Å². The zero-order valence-corrected chi connectivity index (χ0v) is 27.0. The Morgan fingerprint density at radius 3 is 1.75 bits per heavy atom. The first kappa shape index (κ1) is 30.4. The van der Waals surface area contributed by atoms with Crippen LogP contribution in [0.15, 0.2) is 76.7 Å². The molecule has 0 amide bonds. The van der Waals surface area contributed by atoms with Gasteiger partial charge in [-0.15, -0.1) is 0 Å². The molecule has 0 radical (unpaired) electrons. The predicted molar refractivity (Wildman–Crippen MR) is 180 cm³/mol. The summed E-state index contributed by atoms with van der Waals surface area (Å²) in [5.74, 6) is 2.87. The second kappa shape index (κ2) is 13.2. The van der Waals surface area contributed by atoms with Crippen molar-refractivity contribution >= 4 is 11.8 Å². The first-order valence-electron chi connectivity index (χ1n) is 16.7. The fourth-order valence-corrected chi connectivity index (χ4v) is 6.47. The van der Waals surface area contributed by atoms with E-state index in [0.29, 0.717) is 37.5 Å². The maximum Gasteiger partial charge on any atom is 0.217 e. The summed E-state index contributed by atoms with van der Waals surface area (Å²) in [5.41, 5.74) is 6.23. The Hall–Kier alpha value is -3.60. The lowest BCUT2D eigenvalue weighted by Crippen LogP contribution is -2.17. The summed E-state index contributed by atoms with van der Waals surface area (Å²) in [4.78, 5) is 9.70. The third-order valence-corrected chi connectivity index (χ3v) is 9.06. The molecule has 3 aliphatic rings. The molecule has 0 atom stereocenters. The summed E-state index contributed by atoms with van der Waals surface area (Å²) in [6.45, 7) is 10.0. The largest absolute Gasteiger partial charge is 0.489 e. The van der Waals surface area contributed by atoms with Gasteiger partial charge in [-0.25, -0.2) is 9.98 Å². The highest BCUT2D eigenvalue weighted by atomic mass is 16.5. The average molecular weight is 593 g/mol. The van der Waals surface area contributed by atoms with Gasteiger partial charge in [0, 0.05) is 11.1 Å². The Bertz CT molecular complexity index is 1470. The maximum atomic E-state index is 6.20. The minimum absolute atomic E-state index is 0.242. The standard InChI is InChI=1S/C39H48N2O3/c1-38(2)26-43-36(40-38)34-23-20-32(24-35(34)37-41-39(3,4)27-44-37)31-18-21-33(22-19-31)42-25-28-14-16-30(17-15-28)29-12-10-8-6-5-7-9-11-13-29/h14-24,29H,5-13,25-27H2,1-4H3. The average Bonchev–Trinajstić information content (AvgIpc) is 3.59. The topological polar surface area (TPSA) is 52.4 Å². The van der Waals surface area contributed by atoms with E-state index in [2.05, 4.69) is 94.4 Å². The SMILES string of the molecule is CC1(C)COC(c2ccc(-c3ccc(OCc4ccc(C5CCCCCCCCC5)cc4)cc3)cc2C2=NC(C)(C)CO2)=N1.